The number of carboxylic acids is 1. The number of anilines is 1. The summed E-state index contributed by atoms with van der Waals surface area (Å²) >= 11 is 0. The molecular formula is C13H15NO3. The Morgan fingerprint density at radius 3 is 2.76 bits per heavy atom. The van der Waals surface area contributed by atoms with E-state index in [1.807, 2.05) is 31.2 Å². The van der Waals surface area contributed by atoms with Crippen molar-refractivity contribution in [3.05, 3.63) is 29.8 Å². The molecule has 1 atom stereocenters. The fraction of sp³-hybridized carbons (Fsp3) is 0.385. The smallest absolute Gasteiger partial charge is 0.327 e. The zero-order valence-corrected chi connectivity index (χ0v) is 9.72. The zero-order valence-electron chi connectivity index (χ0n) is 9.72. The molecule has 1 amide bonds. The van der Waals surface area contributed by atoms with Gasteiger partial charge in [-0.1, -0.05) is 25.1 Å². The first-order valence-electron chi connectivity index (χ1n) is 5.78. The van der Waals surface area contributed by atoms with E-state index in [0.29, 0.717) is 12.8 Å². The van der Waals surface area contributed by atoms with Gasteiger partial charge in [0.05, 0.1) is 0 Å². The molecule has 1 N–H and O–H groups in total. The highest BCUT2D eigenvalue weighted by atomic mass is 16.4. The zero-order chi connectivity index (χ0) is 12.4. The minimum Gasteiger partial charge on any atom is -0.480 e. The maximum Gasteiger partial charge on any atom is 0.327 e. The molecule has 17 heavy (non-hydrogen) atoms. The highest BCUT2D eigenvalue weighted by Crippen LogP contribution is 2.32. The summed E-state index contributed by atoms with van der Waals surface area (Å²) < 4.78 is 0. The Bertz CT molecular complexity index is 456. The number of rotatable bonds is 3. The second-order valence-corrected chi connectivity index (χ2v) is 4.20. The summed E-state index contributed by atoms with van der Waals surface area (Å²) in [5, 5.41) is 9.18. The molecule has 4 nitrogen and oxygen atoms in total. The summed E-state index contributed by atoms with van der Waals surface area (Å²) in [6.07, 6.45) is 1.52. The van der Waals surface area contributed by atoms with Crippen LogP contribution in [0.25, 0.3) is 0 Å². The van der Waals surface area contributed by atoms with Crippen molar-refractivity contribution in [3.8, 4) is 0 Å². The highest BCUT2D eigenvalue weighted by Gasteiger charge is 2.37. The number of nitrogens with zero attached hydrogens (tertiary/aromatic N) is 1. The molecule has 0 saturated carbocycles. The fourth-order valence-electron chi connectivity index (χ4n) is 2.23. The number of carbonyl (C=O) groups is 2. The van der Waals surface area contributed by atoms with Gasteiger partial charge in [-0.25, -0.2) is 4.79 Å². The van der Waals surface area contributed by atoms with Crippen LogP contribution in [0.2, 0.25) is 0 Å². The molecule has 0 fully saturated rings. The third-order valence-corrected chi connectivity index (χ3v) is 2.99. The third kappa shape index (κ3) is 2.02. The first kappa shape index (κ1) is 11.6. The Hall–Kier alpha value is -1.84. The largest absolute Gasteiger partial charge is 0.480 e. The maximum atomic E-state index is 12.0. The van der Waals surface area contributed by atoms with E-state index in [9.17, 15) is 14.7 Å². The number of para-hydroxylation sites is 1. The van der Waals surface area contributed by atoms with Gasteiger partial charge in [0.1, 0.15) is 6.04 Å². The van der Waals surface area contributed by atoms with E-state index >= 15 is 0 Å². The van der Waals surface area contributed by atoms with E-state index in [0.717, 1.165) is 17.7 Å². The summed E-state index contributed by atoms with van der Waals surface area (Å²) in [6.45, 7) is 1.91. The molecule has 4 heteroatoms. The molecule has 0 spiro atoms. The summed E-state index contributed by atoms with van der Waals surface area (Å²) in [4.78, 5) is 24.6. The molecule has 0 radical (unpaired) electrons. The maximum absolute atomic E-state index is 12.0. The van der Waals surface area contributed by atoms with Gasteiger partial charge in [0.15, 0.2) is 0 Å². The van der Waals surface area contributed by atoms with Crippen molar-refractivity contribution in [1.82, 2.24) is 0 Å². The van der Waals surface area contributed by atoms with Crippen molar-refractivity contribution < 1.29 is 14.7 Å². The van der Waals surface area contributed by atoms with Crippen LogP contribution in [0.3, 0.4) is 0 Å². The summed E-state index contributed by atoms with van der Waals surface area (Å²) in [7, 11) is 0. The van der Waals surface area contributed by atoms with Gasteiger partial charge < -0.3 is 5.11 Å². The second-order valence-electron chi connectivity index (χ2n) is 4.20. The third-order valence-electron chi connectivity index (χ3n) is 2.99. The van der Waals surface area contributed by atoms with Crippen molar-refractivity contribution in [2.45, 2.75) is 32.2 Å². The molecule has 2 rings (SSSR count). The normalized spacial score (nSPS) is 17.9. The standard InChI is InChI=1S/C13H15NO3/c1-2-5-12(15)14-10-7-4-3-6-9(10)8-11(14)13(16)17/h3-4,6-7,11H,2,5,8H2,1H3,(H,16,17)/t11-/m0/s1. The van der Waals surface area contributed by atoms with E-state index < -0.39 is 12.0 Å². The van der Waals surface area contributed by atoms with E-state index in [1.165, 1.54) is 4.90 Å². The molecule has 1 heterocycles. The predicted octanol–water partition coefficient (Wildman–Crippen LogP) is 1.83. The molecule has 1 aliphatic rings. The Morgan fingerprint density at radius 2 is 2.12 bits per heavy atom. The SMILES string of the molecule is CCCC(=O)N1c2ccccc2C[C@H]1C(=O)O. The fourth-order valence-corrected chi connectivity index (χ4v) is 2.23. The molecule has 1 aliphatic heterocycles. The van der Waals surface area contributed by atoms with Crippen molar-refractivity contribution in [2.24, 2.45) is 0 Å². The molecule has 0 saturated heterocycles. The van der Waals surface area contributed by atoms with Crippen molar-refractivity contribution in [3.63, 3.8) is 0 Å². The average Bonchev–Trinajstić information content (AvgIpc) is 2.68. The number of hydrogen-bond donors (Lipinski definition) is 1. The van der Waals surface area contributed by atoms with Gasteiger partial charge >= 0.3 is 5.97 Å². The van der Waals surface area contributed by atoms with Crippen molar-refractivity contribution >= 4 is 17.6 Å². The van der Waals surface area contributed by atoms with E-state index in [4.69, 9.17) is 0 Å². The molecule has 0 aliphatic carbocycles. The van der Waals surface area contributed by atoms with Gasteiger partial charge in [0, 0.05) is 18.5 Å². The van der Waals surface area contributed by atoms with Crippen LogP contribution in [0.5, 0.6) is 0 Å². The average molecular weight is 233 g/mol. The van der Waals surface area contributed by atoms with Crippen LogP contribution in [-0.2, 0) is 16.0 Å². The van der Waals surface area contributed by atoms with Gasteiger partial charge in [-0.05, 0) is 18.1 Å². The minimum absolute atomic E-state index is 0.107. The van der Waals surface area contributed by atoms with Crippen LogP contribution in [0.15, 0.2) is 24.3 Å². The van der Waals surface area contributed by atoms with E-state index in [-0.39, 0.29) is 5.91 Å². The number of amides is 1. The number of carbonyl (C=O) groups excluding carboxylic acids is 1. The molecule has 1 aromatic rings. The van der Waals surface area contributed by atoms with Crippen LogP contribution in [0.1, 0.15) is 25.3 Å². The van der Waals surface area contributed by atoms with Gasteiger partial charge in [-0.3, -0.25) is 9.69 Å². The Balaban J connectivity index is 2.37. The topological polar surface area (TPSA) is 57.6 Å². The number of aliphatic carboxylic acids is 1. The van der Waals surface area contributed by atoms with Gasteiger partial charge in [0.2, 0.25) is 5.91 Å². The van der Waals surface area contributed by atoms with Gasteiger partial charge in [0.25, 0.3) is 0 Å². The highest BCUT2D eigenvalue weighted by molar-refractivity contribution is 6.01. The lowest BCUT2D eigenvalue weighted by Gasteiger charge is -2.22. The minimum atomic E-state index is -0.939. The van der Waals surface area contributed by atoms with Crippen LogP contribution in [0.4, 0.5) is 5.69 Å². The lowest BCUT2D eigenvalue weighted by atomic mass is 10.1. The van der Waals surface area contributed by atoms with E-state index in [2.05, 4.69) is 0 Å². The number of hydrogen-bond acceptors (Lipinski definition) is 2. The van der Waals surface area contributed by atoms with Gasteiger partial charge in [-0.15, -0.1) is 0 Å². The van der Waals surface area contributed by atoms with Crippen LogP contribution < -0.4 is 4.90 Å². The van der Waals surface area contributed by atoms with Crippen LogP contribution in [-0.4, -0.2) is 23.0 Å². The second kappa shape index (κ2) is 4.57. The Labute approximate surface area is 99.9 Å². The van der Waals surface area contributed by atoms with Crippen molar-refractivity contribution in [2.75, 3.05) is 4.90 Å². The summed E-state index contributed by atoms with van der Waals surface area (Å²) in [6, 6.07) is 6.64. The van der Waals surface area contributed by atoms with Crippen molar-refractivity contribution in [1.29, 1.82) is 0 Å². The molecule has 0 bridgehead atoms. The number of benzene rings is 1. The molecule has 0 unspecified atom stereocenters. The number of carboxylic acid groups (broad SMARTS) is 1. The van der Waals surface area contributed by atoms with E-state index in [1.54, 1.807) is 0 Å². The molecule has 1 aromatic carbocycles. The molecular weight excluding hydrogens is 218 g/mol. The molecule has 90 valence electrons. The van der Waals surface area contributed by atoms with Crippen LogP contribution in [0, 0.1) is 0 Å². The lowest BCUT2D eigenvalue weighted by molar-refractivity contribution is -0.139. The first-order valence-corrected chi connectivity index (χ1v) is 5.78. The monoisotopic (exact) mass is 233 g/mol. The summed E-state index contributed by atoms with van der Waals surface area (Å²) in [5.74, 6) is -1.05. The Morgan fingerprint density at radius 1 is 1.41 bits per heavy atom. The number of fused-ring (bicyclic) bond motifs is 1. The lowest BCUT2D eigenvalue weighted by Crippen LogP contribution is -2.42. The quantitative estimate of drug-likeness (QED) is 0.866. The first-order chi connectivity index (χ1) is 8.15. The predicted molar refractivity (Wildman–Crippen MR) is 64.0 cm³/mol. The van der Waals surface area contributed by atoms with Gasteiger partial charge in [-0.2, -0.15) is 0 Å². The molecule has 0 aromatic heterocycles. The van der Waals surface area contributed by atoms with Crippen LogP contribution >= 0.6 is 0 Å². The Kier molecular flexibility index (Phi) is 3.13. The summed E-state index contributed by atoms with van der Waals surface area (Å²) in [5.41, 5.74) is 1.68.